The van der Waals surface area contributed by atoms with E-state index in [1.54, 1.807) is 6.92 Å². The molecular weight excluding hydrogens is 476 g/mol. The minimum atomic E-state index is -0.604. The second-order valence-electron chi connectivity index (χ2n) is 10.6. The van der Waals surface area contributed by atoms with Crippen LogP contribution in [0.5, 0.6) is 6.01 Å². The summed E-state index contributed by atoms with van der Waals surface area (Å²) in [5, 5.41) is 12.0. The van der Waals surface area contributed by atoms with Crippen molar-refractivity contribution in [3.05, 3.63) is 45.5 Å². The number of rotatable bonds is 11. The van der Waals surface area contributed by atoms with Crippen molar-refractivity contribution in [2.75, 3.05) is 36.9 Å². The number of aromatic nitrogens is 2. The van der Waals surface area contributed by atoms with Crippen LogP contribution in [0.15, 0.2) is 24.3 Å². The predicted molar refractivity (Wildman–Crippen MR) is 135 cm³/mol. The summed E-state index contributed by atoms with van der Waals surface area (Å²) in [6.07, 6.45) is 3.40. The van der Waals surface area contributed by atoms with Crippen LogP contribution >= 0.6 is 0 Å². The highest BCUT2D eigenvalue weighted by molar-refractivity contribution is 5.78. The number of nitro groups is 1. The first-order valence-electron chi connectivity index (χ1n) is 13.1. The quantitative estimate of drug-likeness (QED) is 0.274. The van der Waals surface area contributed by atoms with Crippen LogP contribution in [0.1, 0.15) is 37.3 Å². The Balaban J connectivity index is 1.29. The number of hydrogen-bond donors (Lipinski definition) is 1. The standard InChI is InChI=1S/C26H32N6O5/c1-2-36-19(33)14-31(13-16-7-5-6-15(10-16)12-30-8-3-4-9-30)25-23(32(34)35)24(27)28-26(29-25)37-18-11-17-20-21(17)22(18)20/h5-7,10,17-18,20-22H,2-4,8-9,11-14H2,1H3,(H2,27,28,29)/t17-,18-,20?,21-,22?/m1/s1. The maximum Gasteiger partial charge on any atom is 0.353 e. The van der Waals surface area contributed by atoms with Gasteiger partial charge in [-0.25, -0.2) is 0 Å². The minimum absolute atomic E-state index is 0.0201. The molecule has 2 N–H and O–H groups in total. The highest BCUT2D eigenvalue weighted by Crippen LogP contribution is 2.82. The van der Waals surface area contributed by atoms with Gasteiger partial charge in [0.05, 0.1) is 11.5 Å². The molecule has 196 valence electrons. The van der Waals surface area contributed by atoms with Crippen molar-refractivity contribution in [1.29, 1.82) is 0 Å². The smallest absolute Gasteiger partial charge is 0.353 e. The summed E-state index contributed by atoms with van der Waals surface area (Å²) in [6, 6.07) is 8.07. The number of likely N-dealkylation sites (tertiary alicyclic amines) is 1. The monoisotopic (exact) mass is 508 g/mol. The molecule has 11 heteroatoms. The van der Waals surface area contributed by atoms with Crippen molar-refractivity contribution in [3.8, 4) is 6.01 Å². The molecule has 2 heterocycles. The van der Waals surface area contributed by atoms with Gasteiger partial charge in [-0.3, -0.25) is 19.8 Å². The first-order valence-corrected chi connectivity index (χ1v) is 13.1. The molecule has 11 nitrogen and oxygen atoms in total. The number of hydrogen-bond acceptors (Lipinski definition) is 10. The summed E-state index contributed by atoms with van der Waals surface area (Å²) in [6.45, 7) is 4.91. The lowest BCUT2D eigenvalue weighted by atomic mass is 10.1. The summed E-state index contributed by atoms with van der Waals surface area (Å²) < 4.78 is 11.3. The molecule has 1 aromatic carbocycles. The molecule has 37 heavy (non-hydrogen) atoms. The van der Waals surface area contributed by atoms with E-state index in [1.165, 1.54) is 17.7 Å². The van der Waals surface area contributed by atoms with Crippen LogP contribution in [0.25, 0.3) is 0 Å². The lowest BCUT2D eigenvalue weighted by Gasteiger charge is -2.24. The third-order valence-corrected chi connectivity index (χ3v) is 8.18. The van der Waals surface area contributed by atoms with Gasteiger partial charge in [-0.05, 0) is 68.2 Å². The Kier molecular flexibility index (Phi) is 6.10. The van der Waals surface area contributed by atoms with Gasteiger partial charge in [0.25, 0.3) is 0 Å². The average Bonchev–Trinajstić information content (AvgIpc) is 3.51. The third-order valence-electron chi connectivity index (χ3n) is 8.18. The molecule has 5 aliphatic rings. The Labute approximate surface area is 215 Å². The second kappa shape index (κ2) is 9.44. The maximum absolute atomic E-state index is 12.5. The van der Waals surface area contributed by atoms with E-state index in [4.69, 9.17) is 15.2 Å². The van der Waals surface area contributed by atoms with Gasteiger partial charge in [0.1, 0.15) is 12.6 Å². The Morgan fingerprint density at radius 2 is 1.97 bits per heavy atom. The molecule has 2 aromatic rings. The van der Waals surface area contributed by atoms with Crippen LogP contribution in [-0.4, -0.2) is 58.1 Å². The van der Waals surface area contributed by atoms with Gasteiger partial charge < -0.3 is 20.1 Å². The Morgan fingerprint density at radius 1 is 1.22 bits per heavy atom. The predicted octanol–water partition coefficient (Wildman–Crippen LogP) is 2.78. The number of fused-ring (bicyclic) bond motifs is 1. The average molecular weight is 509 g/mol. The van der Waals surface area contributed by atoms with Crippen LogP contribution < -0.4 is 15.4 Å². The number of nitrogen functional groups attached to an aromatic ring is 1. The number of carbonyl (C=O) groups is 1. The fourth-order valence-corrected chi connectivity index (χ4v) is 6.44. The first-order chi connectivity index (χ1) is 17.9. The SMILES string of the molecule is CCOC(=O)CN(Cc1cccc(CN2CCCC2)c1)c1nc(O[C@@H]2C[C@@H]3C4C2[C@@H]43)nc(N)c1[N+](=O)[O-]. The molecule has 2 bridgehead atoms. The molecule has 1 aromatic heterocycles. The summed E-state index contributed by atoms with van der Waals surface area (Å²) in [5.41, 5.74) is 7.67. The largest absolute Gasteiger partial charge is 0.465 e. The molecule has 4 aliphatic carbocycles. The van der Waals surface area contributed by atoms with E-state index in [9.17, 15) is 14.9 Å². The number of ether oxygens (including phenoxy) is 2. The van der Waals surface area contributed by atoms with E-state index in [1.807, 2.05) is 12.1 Å². The number of nitrogens with two attached hydrogens (primary N) is 1. The summed E-state index contributed by atoms with van der Waals surface area (Å²) in [5.74, 6) is 2.01. The highest BCUT2D eigenvalue weighted by Gasteiger charge is 2.81. The molecule has 1 aliphatic heterocycles. The van der Waals surface area contributed by atoms with Gasteiger partial charge in [0, 0.05) is 19.0 Å². The molecule has 5 atom stereocenters. The molecule has 7 rings (SSSR count). The molecule has 4 saturated carbocycles. The Bertz CT molecular complexity index is 1200. The lowest BCUT2D eigenvalue weighted by Crippen LogP contribution is -2.32. The molecule has 2 unspecified atom stereocenters. The zero-order valence-corrected chi connectivity index (χ0v) is 20.9. The second-order valence-corrected chi connectivity index (χ2v) is 10.6. The zero-order valence-electron chi connectivity index (χ0n) is 20.9. The maximum atomic E-state index is 12.5. The third kappa shape index (κ3) is 4.68. The van der Waals surface area contributed by atoms with Crippen molar-refractivity contribution >= 4 is 23.3 Å². The van der Waals surface area contributed by atoms with Crippen LogP contribution in [0, 0.1) is 33.8 Å². The molecule has 0 spiro atoms. The van der Waals surface area contributed by atoms with Crippen molar-refractivity contribution in [3.63, 3.8) is 0 Å². The van der Waals surface area contributed by atoms with Crippen molar-refractivity contribution in [2.24, 2.45) is 23.7 Å². The number of anilines is 2. The molecular formula is C26H32N6O5. The van der Waals surface area contributed by atoms with Gasteiger partial charge in [-0.2, -0.15) is 9.97 Å². The van der Waals surface area contributed by atoms with E-state index >= 15 is 0 Å². The molecule has 0 radical (unpaired) electrons. The van der Waals surface area contributed by atoms with Crippen LogP contribution in [0.2, 0.25) is 0 Å². The minimum Gasteiger partial charge on any atom is -0.465 e. The fraction of sp³-hybridized carbons (Fsp3) is 0.577. The summed E-state index contributed by atoms with van der Waals surface area (Å²) in [4.78, 5) is 36.5. The first kappa shape index (κ1) is 23.9. The van der Waals surface area contributed by atoms with Gasteiger partial charge in [0.2, 0.25) is 11.6 Å². The van der Waals surface area contributed by atoms with E-state index in [0.717, 1.165) is 54.9 Å². The highest BCUT2D eigenvalue weighted by atomic mass is 16.6. The number of esters is 1. The molecule has 5 fully saturated rings. The van der Waals surface area contributed by atoms with E-state index < -0.39 is 16.6 Å². The van der Waals surface area contributed by atoms with Crippen LogP contribution in [0.4, 0.5) is 17.3 Å². The molecule has 0 amide bonds. The fourth-order valence-electron chi connectivity index (χ4n) is 6.44. The Hall–Kier alpha value is -3.47. The summed E-state index contributed by atoms with van der Waals surface area (Å²) >= 11 is 0. The zero-order chi connectivity index (χ0) is 25.7. The van der Waals surface area contributed by atoms with Crippen LogP contribution in [0.3, 0.4) is 0 Å². The van der Waals surface area contributed by atoms with Crippen molar-refractivity contribution < 1.29 is 19.2 Å². The van der Waals surface area contributed by atoms with Crippen molar-refractivity contribution in [1.82, 2.24) is 14.9 Å². The van der Waals surface area contributed by atoms with Gasteiger partial charge in [-0.1, -0.05) is 24.3 Å². The van der Waals surface area contributed by atoms with Crippen LogP contribution in [-0.2, 0) is 22.6 Å². The normalized spacial score (nSPS) is 27.0. The topological polar surface area (TPSA) is 137 Å². The Morgan fingerprint density at radius 3 is 2.65 bits per heavy atom. The van der Waals surface area contributed by atoms with Gasteiger partial charge in [0.15, 0.2) is 0 Å². The van der Waals surface area contributed by atoms with Gasteiger partial charge >= 0.3 is 17.7 Å². The molecule has 1 saturated heterocycles. The summed E-state index contributed by atoms with van der Waals surface area (Å²) in [7, 11) is 0. The van der Waals surface area contributed by atoms with E-state index in [-0.39, 0.29) is 43.4 Å². The lowest BCUT2D eigenvalue weighted by molar-refractivity contribution is -0.383. The van der Waals surface area contributed by atoms with Gasteiger partial charge in [-0.15, -0.1) is 0 Å². The van der Waals surface area contributed by atoms with Crippen molar-refractivity contribution in [2.45, 2.75) is 45.4 Å². The van der Waals surface area contributed by atoms with E-state index in [2.05, 4.69) is 27.0 Å². The number of nitrogens with zero attached hydrogens (tertiary/aromatic N) is 5. The number of benzene rings is 1. The van der Waals surface area contributed by atoms with E-state index in [0.29, 0.717) is 5.92 Å². The number of carbonyl (C=O) groups excluding carboxylic acids is 1.